The number of hydrogen-bond donors (Lipinski definition) is 0. The maximum absolute atomic E-state index is 12.6. The Hall–Kier alpha value is -1.06. The number of ether oxygens (including phenoxy) is 2. The summed E-state index contributed by atoms with van der Waals surface area (Å²) < 4.78 is 11.3. The number of carbonyl (C=O) groups is 2. The van der Waals surface area contributed by atoms with Gasteiger partial charge in [-0.2, -0.15) is 0 Å². The smallest absolute Gasteiger partial charge is 0.323 e. The molecule has 0 fully saturated rings. The monoisotopic (exact) mass is 356 g/mol. The molecule has 2 unspecified atom stereocenters. The minimum absolute atomic E-state index is 0.101. The molecule has 0 N–H and O–H groups in total. The molecule has 4 nitrogen and oxygen atoms in total. The van der Waals surface area contributed by atoms with Crippen molar-refractivity contribution in [3.63, 3.8) is 0 Å². The van der Waals surface area contributed by atoms with Crippen LogP contribution in [0.5, 0.6) is 0 Å². The van der Waals surface area contributed by atoms with Crippen LogP contribution in [0.15, 0.2) is 0 Å². The van der Waals surface area contributed by atoms with Gasteiger partial charge in [-0.15, -0.1) is 0 Å². The maximum Gasteiger partial charge on any atom is 0.323 e. The molecule has 0 aromatic rings. The average molecular weight is 357 g/mol. The summed E-state index contributed by atoms with van der Waals surface area (Å²) in [6.45, 7) is 11.6. The van der Waals surface area contributed by atoms with Crippen molar-refractivity contribution >= 4 is 11.9 Å². The highest BCUT2D eigenvalue weighted by atomic mass is 16.6. The second kappa shape index (κ2) is 13.2. The number of carbonyl (C=O) groups excluding carboxylic acids is 2. The van der Waals surface area contributed by atoms with E-state index in [0.29, 0.717) is 0 Å². The average Bonchev–Trinajstić information content (AvgIpc) is 2.57. The lowest BCUT2D eigenvalue weighted by atomic mass is 9.93. The van der Waals surface area contributed by atoms with Crippen molar-refractivity contribution in [3.05, 3.63) is 0 Å². The van der Waals surface area contributed by atoms with E-state index in [1.54, 1.807) is 13.8 Å². The summed E-state index contributed by atoms with van der Waals surface area (Å²) in [7, 11) is 0. The van der Waals surface area contributed by atoms with Crippen LogP contribution in [0.2, 0.25) is 0 Å². The Balaban J connectivity index is 4.80. The zero-order valence-corrected chi connectivity index (χ0v) is 17.4. The van der Waals surface area contributed by atoms with Crippen LogP contribution in [-0.2, 0) is 19.1 Å². The number of hydrogen-bond acceptors (Lipinski definition) is 4. The molecule has 0 saturated heterocycles. The molecule has 0 radical (unpaired) electrons. The first-order chi connectivity index (χ1) is 11.8. The van der Waals surface area contributed by atoms with Crippen molar-refractivity contribution in [3.8, 4) is 0 Å². The first-order valence-corrected chi connectivity index (χ1v) is 10.2. The molecule has 0 spiro atoms. The molecule has 148 valence electrons. The molecule has 25 heavy (non-hydrogen) atoms. The quantitative estimate of drug-likeness (QED) is 0.291. The maximum atomic E-state index is 12.6. The van der Waals surface area contributed by atoms with E-state index in [0.717, 1.165) is 64.2 Å². The molecule has 0 saturated carbocycles. The lowest BCUT2D eigenvalue weighted by Crippen LogP contribution is -2.40. The minimum Gasteiger partial charge on any atom is -0.462 e. The molecule has 0 heterocycles. The molecule has 0 aliphatic heterocycles. The highest BCUT2D eigenvalue weighted by Gasteiger charge is 2.41. The van der Waals surface area contributed by atoms with E-state index in [9.17, 15) is 9.59 Å². The van der Waals surface area contributed by atoms with Gasteiger partial charge in [-0.1, -0.05) is 66.2 Å². The molecule has 0 aromatic carbocycles. The van der Waals surface area contributed by atoms with Gasteiger partial charge < -0.3 is 9.47 Å². The third kappa shape index (κ3) is 9.27. The Morgan fingerprint density at radius 2 is 1.04 bits per heavy atom. The van der Waals surface area contributed by atoms with Crippen LogP contribution in [0.1, 0.15) is 106 Å². The van der Waals surface area contributed by atoms with Crippen LogP contribution in [0.25, 0.3) is 0 Å². The lowest BCUT2D eigenvalue weighted by molar-refractivity contribution is -0.176. The van der Waals surface area contributed by atoms with E-state index in [2.05, 4.69) is 27.7 Å². The van der Waals surface area contributed by atoms with Crippen molar-refractivity contribution in [2.24, 2.45) is 5.41 Å². The predicted molar refractivity (Wildman–Crippen MR) is 102 cm³/mol. The molecule has 2 atom stereocenters. The Bertz CT molecular complexity index is 342. The lowest BCUT2D eigenvalue weighted by Gasteiger charge is -2.27. The fourth-order valence-electron chi connectivity index (χ4n) is 2.71. The van der Waals surface area contributed by atoms with Gasteiger partial charge in [-0.3, -0.25) is 9.59 Å². The molecule has 0 aromatic heterocycles. The summed E-state index contributed by atoms with van der Waals surface area (Å²) in [6, 6.07) is 0. The highest BCUT2D eigenvalue weighted by molar-refractivity contribution is 5.99. The number of esters is 2. The molecule has 0 aliphatic carbocycles. The topological polar surface area (TPSA) is 52.6 Å². The second-order valence-corrected chi connectivity index (χ2v) is 7.54. The molecule has 0 aliphatic rings. The number of rotatable bonds is 14. The van der Waals surface area contributed by atoms with Crippen LogP contribution in [0, 0.1) is 5.41 Å². The molecule has 0 rings (SSSR count). The normalized spacial score (nSPS) is 14.0. The Kier molecular flexibility index (Phi) is 12.6. The number of unbranched alkanes of at least 4 members (excludes halogenated alkanes) is 2. The Morgan fingerprint density at radius 1 is 0.680 bits per heavy atom. The Morgan fingerprint density at radius 3 is 1.32 bits per heavy atom. The third-order valence-electron chi connectivity index (χ3n) is 4.55. The standard InChI is InChI=1S/C21H40O4/c1-7-11-15-17(13-9-3)24-19(22)21(5,6)20(23)25-18(14-10-4)16-12-8-2/h17-18H,7-16H2,1-6H3. The van der Waals surface area contributed by atoms with E-state index in [1.165, 1.54) is 0 Å². The highest BCUT2D eigenvalue weighted by Crippen LogP contribution is 2.25. The first kappa shape index (κ1) is 23.9. The summed E-state index contributed by atoms with van der Waals surface area (Å²) in [6.07, 6.45) is 9.30. The molecular weight excluding hydrogens is 316 g/mol. The molecule has 0 amide bonds. The summed E-state index contributed by atoms with van der Waals surface area (Å²) in [5.74, 6) is -0.921. The van der Waals surface area contributed by atoms with Crippen molar-refractivity contribution in [1.29, 1.82) is 0 Å². The predicted octanol–water partition coefficient (Wildman–Crippen LogP) is 5.82. The van der Waals surface area contributed by atoms with Crippen molar-refractivity contribution in [1.82, 2.24) is 0 Å². The van der Waals surface area contributed by atoms with Gasteiger partial charge in [0.05, 0.1) is 0 Å². The molecule has 0 bridgehead atoms. The first-order valence-electron chi connectivity index (χ1n) is 10.2. The largest absolute Gasteiger partial charge is 0.462 e. The third-order valence-corrected chi connectivity index (χ3v) is 4.55. The van der Waals surface area contributed by atoms with Gasteiger partial charge in [0.15, 0.2) is 5.41 Å². The van der Waals surface area contributed by atoms with E-state index in [-0.39, 0.29) is 12.2 Å². The van der Waals surface area contributed by atoms with E-state index < -0.39 is 17.4 Å². The summed E-state index contributed by atoms with van der Waals surface area (Å²) >= 11 is 0. The van der Waals surface area contributed by atoms with Crippen molar-refractivity contribution in [2.45, 2.75) is 118 Å². The van der Waals surface area contributed by atoms with Crippen molar-refractivity contribution in [2.75, 3.05) is 0 Å². The van der Waals surface area contributed by atoms with Gasteiger partial charge in [0.1, 0.15) is 12.2 Å². The van der Waals surface area contributed by atoms with Crippen LogP contribution >= 0.6 is 0 Å². The minimum atomic E-state index is -1.25. The fraction of sp³-hybridized carbons (Fsp3) is 0.905. The zero-order chi connectivity index (χ0) is 19.3. The van der Waals surface area contributed by atoms with Crippen LogP contribution in [0.3, 0.4) is 0 Å². The summed E-state index contributed by atoms with van der Waals surface area (Å²) in [5, 5.41) is 0. The van der Waals surface area contributed by atoms with Gasteiger partial charge >= 0.3 is 11.9 Å². The van der Waals surface area contributed by atoms with Gasteiger partial charge in [-0.05, 0) is 39.5 Å². The van der Waals surface area contributed by atoms with Gasteiger partial charge in [0, 0.05) is 0 Å². The van der Waals surface area contributed by atoms with Gasteiger partial charge in [0.25, 0.3) is 0 Å². The zero-order valence-electron chi connectivity index (χ0n) is 17.4. The van der Waals surface area contributed by atoms with E-state index in [4.69, 9.17) is 9.47 Å². The van der Waals surface area contributed by atoms with Crippen LogP contribution in [0.4, 0.5) is 0 Å². The molecule has 4 heteroatoms. The second-order valence-electron chi connectivity index (χ2n) is 7.54. The fourth-order valence-corrected chi connectivity index (χ4v) is 2.71. The van der Waals surface area contributed by atoms with Crippen molar-refractivity contribution < 1.29 is 19.1 Å². The summed E-state index contributed by atoms with van der Waals surface area (Å²) in [4.78, 5) is 25.2. The molecular formula is C21H40O4. The van der Waals surface area contributed by atoms with E-state index >= 15 is 0 Å². The van der Waals surface area contributed by atoms with E-state index in [1.807, 2.05) is 0 Å². The van der Waals surface area contributed by atoms with Gasteiger partial charge in [0.2, 0.25) is 0 Å². The van der Waals surface area contributed by atoms with Crippen LogP contribution in [-0.4, -0.2) is 24.1 Å². The van der Waals surface area contributed by atoms with Gasteiger partial charge in [-0.25, -0.2) is 0 Å². The summed E-state index contributed by atoms with van der Waals surface area (Å²) in [5.41, 5.74) is -1.25. The van der Waals surface area contributed by atoms with Crippen LogP contribution < -0.4 is 0 Å². The SMILES string of the molecule is CCCCC(CCC)OC(=O)C(C)(C)C(=O)OC(CCC)CCCC. The Labute approximate surface area is 155 Å².